The van der Waals surface area contributed by atoms with Gasteiger partial charge in [0.1, 0.15) is 5.78 Å². The van der Waals surface area contributed by atoms with Gasteiger partial charge in [-0.15, -0.1) is 6.58 Å². The van der Waals surface area contributed by atoms with Gasteiger partial charge in [0, 0.05) is 12.3 Å². The molecule has 15 heavy (non-hydrogen) atoms. The summed E-state index contributed by atoms with van der Waals surface area (Å²) in [6, 6.07) is 0. The number of allylic oxidation sites excluding steroid dienone is 1. The molecule has 0 aromatic rings. The first kappa shape index (κ1) is 12.5. The first-order valence-electron chi connectivity index (χ1n) is 6.41. The maximum absolute atomic E-state index is 11.8. The van der Waals surface area contributed by atoms with E-state index in [4.69, 9.17) is 0 Å². The standard InChI is InChI=1S/C14H24O/c1-3-5-6-7-14(15)13-10-8-12(4-2)9-11-13/h3,12-13H,1,4-11H2,2H3. The minimum Gasteiger partial charge on any atom is -0.299 e. The second-order valence-corrected chi connectivity index (χ2v) is 4.77. The van der Waals surface area contributed by atoms with Gasteiger partial charge in [-0.3, -0.25) is 4.79 Å². The lowest BCUT2D eigenvalue weighted by Gasteiger charge is -2.26. The number of carbonyl (C=O) groups excluding carboxylic acids is 1. The molecule has 0 amide bonds. The van der Waals surface area contributed by atoms with Gasteiger partial charge >= 0.3 is 0 Å². The Balaban J connectivity index is 2.20. The maximum Gasteiger partial charge on any atom is 0.135 e. The van der Waals surface area contributed by atoms with Gasteiger partial charge < -0.3 is 0 Å². The summed E-state index contributed by atoms with van der Waals surface area (Å²) in [5.74, 6) is 1.78. The van der Waals surface area contributed by atoms with Crippen LogP contribution in [0, 0.1) is 11.8 Å². The average molecular weight is 208 g/mol. The van der Waals surface area contributed by atoms with E-state index in [1.54, 1.807) is 0 Å². The fourth-order valence-electron chi connectivity index (χ4n) is 2.52. The molecule has 0 aliphatic heterocycles. The van der Waals surface area contributed by atoms with Crippen molar-refractivity contribution in [3.05, 3.63) is 12.7 Å². The second-order valence-electron chi connectivity index (χ2n) is 4.77. The molecule has 0 bridgehead atoms. The third-order valence-corrected chi connectivity index (χ3v) is 3.71. The molecular formula is C14H24O. The summed E-state index contributed by atoms with van der Waals surface area (Å²) in [4.78, 5) is 11.8. The zero-order valence-corrected chi connectivity index (χ0v) is 10.0. The largest absolute Gasteiger partial charge is 0.299 e. The minimum atomic E-state index is 0.387. The lowest BCUT2D eigenvalue weighted by Crippen LogP contribution is -2.21. The molecule has 1 fully saturated rings. The molecule has 1 nitrogen and oxygen atoms in total. The van der Waals surface area contributed by atoms with Crippen molar-refractivity contribution in [2.24, 2.45) is 11.8 Å². The number of rotatable bonds is 6. The Hall–Kier alpha value is -0.590. The number of Topliss-reactive ketones (excluding diaryl/α,β-unsaturated/α-hetero) is 1. The molecule has 86 valence electrons. The summed E-state index contributed by atoms with van der Waals surface area (Å²) >= 11 is 0. The van der Waals surface area contributed by atoms with Crippen LogP contribution in [0.4, 0.5) is 0 Å². The Bertz CT molecular complexity index is 199. The van der Waals surface area contributed by atoms with E-state index < -0.39 is 0 Å². The Morgan fingerprint density at radius 1 is 1.33 bits per heavy atom. The predicted octanol–water partition coefficient (Wildman–Crippen LogP) is 4.13. The van der Waals surface area contributed by atoms with E-state index in [0.29, 0.717) is 11.7 Å². The van der Waals surface area contributed by atoms with Gasteiger partial charge in [0.15, 0.2) is 0 Å². The number of unbranched alkanes of at least 4 members (excludes halogenated alkanes) is 1. The van der Waals surface area contributed by atoms with Gasteiger partial charge in [0.2, 0.25) is 0 Å². The molecule has 0 heterocycles. The van der Waals surface area contributed by atoms with Crippen LogP contribution in [-0.4, -0.2) is 5.78 Å². The highest BCUT2D eigenvalue weighted by atomic mass is 16.1. The van der Waals surface area contributed by atoms with E-state index in [1.165, 1.54) is 19.3 Å². The van der Waals surface area contributed by atoms with Gasteiger partial charge in [-0.1, -0.05) is 19.4 Å². The molecule has 0 saturated heterocycles. The lowest BCUT2D eigenvalue weighted by atomic mass is 9.78. The van der Waals surface area contributed by atoms with Gasteiger partial charge in [-0.25, -0.2) is 0 Å². The van der Waals surface area contributed by atoms with E-state index in [1.807, 2.05) is 6.08 Å². The summed E-state index contributed by atoms with van der Waals surface area (Å²) in [6.07, 6.45) is 10.8. The van der Waals surface area contributed by atoms with Gasteiger partial charge in [0.05, 0.1) is 0 Å². The van der Waals surface area contributed by atoms with Crippen molar-refractivity contribution in [1.29, 1.82) is 0 Å². The van der Waals surface area contributed by atoms with E-state index >= 15 is 0 Å². The smallest absolute Gasteiger partial charge is 0.135 e. The molecule has 1 saturated carbocycles. The van der Waals surface area contributed by atoms with Crippen LogP contribution in [0.15, 0.2) is 12.7 Å². The van der Waals surface area contributed by atoms with Crippen LogP contribution >= 0.6 is 0 Å². The zero-order chi connectivity index (χ0) is 11.1. The molecule has 0 unspecified atom stereocenters. The van der Waals surface area contributed by atoms with Crippen LogP contribution in [-0.2, 0) is 4.79 Å². The van der Waals surface area contributed by atoms with Gasteiger partial charge in [0.25, 0.3) is 0 Å². The van der Waals surface area contributed by atoms with Crippen LogP contribution in [0.1, 0.15) is 58.3 Å². The van der Waals surface area contributed by atoms with Crippen molar-refractivity contribution >= 4 is 5.78 Å². The third-order valence-electron chi connectivity index (χ3n) is 3.71. The minimum absolute atomic E-state index is 0.387. The van der Waals surface area contributed by atoms with E-state index in [2.05, 4.69) is 13.5 Å². The van der Waals surface area contributed by atoms with Crippen LogP contribution in [0.25, 0.3) is 0 Å². The van der Waals surface area contributed by atoms with E-state index in [9.17, 15) is 4.79 Å². The van der Waals surface area contributed by atoms with Crippen LogP contribution in [0.5, 0.6) is 0 Å². The average Bonchev–Trinajstić information content (AvgIpc) is 2.29. The molecular weight excluding hydrogens is 184 g/mol. The lowest BCUT2D eigenvalue weighted by molar-refractivity contribution is -0.124. The first-order valence-corrected chi connectivity index (χ1v) is 6.41. The predicted molar refractivity (Wildman–Crippen MR) is 64.8 cm³/mol. The van der Waals surface area contributed by atoms with Crippen molar-refractivity contribution < 1.29 is 4.79 Å². The third kappa shape index (κ3) is 4.19. The highest BCUT2D eigenvalue weighted by molar-refractivity contribution is 5.81. The van der Waals surface area contributed by atoms with Crippen molar-refractivity contribution in [3.8, 4) is 0 Å². The summed E-state index contributed by atoms with van der Waals surface area (Å²) in [5, 5.41) is 0. The monoisotopic (exact) mass is 208 g/mol. The highest BCUT2D eigenvalue weighted by Crippen LogP contribution is 2.31. The fourth-order valence-corrected chi connectivity index (χ4v) is 2.52. The summed E-state index contributed by atoms with van der Waals surface area (Å²) < 4.78 is 0. The summed E-state index contributed by atoms with van der Waals surface area (Å²) in [7, 11) is 0. The number of carbonyl (C=O) groups is 1. The molecule has 1 heteroatoms. The highest BCUT2D eigenvalue weighted by Gasteiger charge is 2.24. The first-order chi connectivity index (χ1) is 7.27. The quantitative estimate of drug-likeness (QED) is 0.474. The molecule has 0 atom stereocenters. The van der Waals surface area contributed by atoms with Gasteiger partial charge in [-0.05, 0) is 44.4 Å². The number of hydrogen-bond donors (Lipinski definition) is 0. The summed E-state index contributed by atoms with van der Waals surface area (Å²) in [6.45, 7) is 5.94. The molecule has 0 radical (unpaired) electrons. The Kier molecular flexibility index (Phi) is 5.67. The van der Waals surface area contributed by atoms with E-state index in [-0.39, 0.29) is 0 Å². The van der Waals surface area contributed by atoms with Crippen LogP contribution in [0.3, 0.4) is 0 Å². The van der Waals surface area contributed by atoms with Gasteiger partial charge in [-0.2, -0.15) is 0 Å². The fraction of sp³-hybridized carbons (Fsp3) is 0.786. The second kappa shape index (κ2) is 6.81. The molecule has 1 aliphatic carbocycles. The Labute approximate surface area is 93.9 Å². The molecule has 0 spiro atoms. The molecule has 0 N–H and O–H groups in total. The molecule has 0 aromatic heterocycles. The SMILES string of the molecule is C=CCCCC(=O)C1CCC(CC)CC1. The Morgan fingerprint density at radius 3 is 2.53 bits per heavy atom. The normalized spacial score (nSPS) is 26.2. The van der Waals surface area contributed by atoms with Crippen LogP contribution in [0.2, 0.25) is 0 Å². The Morgan fingerprint density at radius 2 is 2.00 bits per heavy atom. The molecule has 1 aliphatic rings. The zero-order valence-electron chi connectivity index (χ0n) is 10.0. The summed E-state index contributed by atoms with van der Waals surface area (Å²) in [5.41, 5.74) is 0. The maximum atomic E-state index is 11.8. The van der Waals surface area contributed by atoms with Crippen molar-refractivity contribution in [3.63, 3.8) is 0 Å². The number of hydrogen-bond acceptors (Lipinski definition) is 1. The topological polar surface area (TPSA) is 17.1 Å². The van der Waals surface area contributed by atoms with E-state index in [0.717, 1.165) is 38.0 Å². The molecule has 0 aromatic carbocycles. The number of ketones is 1. The van der Waals surface area contributed by atoms with Crippen LogP contribution < -0.4 is 0 Å². The van der Waals surface area contributed by atoms with Crippen molar-refractivity contribution in [2.45, 2.75) is 58.3 Å². The van der Waals surface area contributed by atoms with Crippen molar-refractivity contribution in [2.75, 3.05) is 0 Å². The van der Waals surface area contributed by atoms with Crippen molar-refractivity contribution in [1.82, 2.24) is 0 Å². The molecule has 1 rings (SSSR count).